The topological polar surface area (TPSA) is 94.8 Å². The quantitative estimate of drug-likeness (QED) is 0.659. The van der Waals surface area contributed by atoms with Crippen molar-refractivity contribution in [1.82, 2.24) is 9.88 Å². The molecule has 3 aromatic rings. The normalized spacial score (nSPS) is 11.8. The van der Waals surface area contributed by atoms with Crippen LogP contribution in [0.25, 0.3) is 10.2 Å². The molecular formula is C20H21N3O4S. The van der Waals surface area contributed by atoms with E-state index in [2.05, 4.69) is 4.98 Å². The number of aromatic nitrogens is 1. The molecule has 3 rings (SSSR count). The van der Waals surface area contributed by atoms with E-state index in [1.807, 2.05) is 31.2 Å². The predicted molar refractivity (Wildman–Crippen MR) is 108 cm³/mol. The lowest BCUT2D eigenvalue weighted by molar-refractivity contribution is -0.119. The van der Waals surface area contributed by atoms with E-state index in [1.165, 1.54) is 7.11 Å². The second-order valence-electron chi connectivity index (χ2n) is 6.23. The Morgan fingerprint density at radius 2 is 1.96 bits per heavy atom. The van der Waals surface area contributed by atoms with Crippen LogP contribution in [-0.2, 0) is 4.79 Å². The first-order valence-corrected chi connectivity index (χ1v) is 9.44. The summed E-state index contributed by atoms with van der Waals surface area (Å²) in [5.41, 5.74) is 6.46. The number of benzene rings is 2. The second kappa shape index (κ2) is 8.26. The molecule has 0 radical (unpaired) electrons. The summed E-state index contributed by atoms with van der Waals surface area (Å²) >= 11 is 1.57. The lowest BCUT2D eigenvalue weighted by Gasteiger charge is -2.23. The Morgan fingerprint density at radius 1 is 1.21 bits per heavy atom. The summed E-state index contributed by atoms with van der Waals surface area (Å²) in [4.78, 5) is 30.1. The average Bonchev–Trinajstić information content (AvgIpc) is 3.14. The number of hydrogen-bond acceptors (Lipinski definition) is 6. The Kier molecular flexibility index (Phi) is 5.79. The van der Waals surface area contributed by atoms with E-state index in [-0.39, 0.29) is 18.6 Å². The van der Waals surface area contributed by atoms with Crippen molar-refractivity contribution in [3.63, 3.8) is 0 Å². The van der Waals surface area contributed by atoms with Gasteiger partial charge in [-0.15, -0.1) is 11.3 Å². The van der Waals surface area contributed by atoms with Gasteiger partial charge in [0.25, 0.3) is 11.8 Å². The second-order valence-corrected chi connectivity index (χ2v) is 7.29. The Bertz CT molecular complexity index is 985. The van der Waals surface area contributed by atoms with Crippen molar-refractivity contribution in [3.8, 4) is 11.5 Å². The van der Waals surface area contributed by atoms with E-state index in [1.54, 1.807) is 41.5 Å². The number of fused-ring (bicyclic) bond motifs is 1. The van der Waals surface area contributed by atoms with E-state index in [0.717, 1.165) is 15.2 Å². The summed E-state index contributed by atoms with van der Waals surface area (Å²) in [6, 6.07) is 12.5. The molecule has 28 heavy (non-hydrogen) atoms. The van der Waals surface area contributed by atoms with Gasteiger partial charge in [0.05, 0.1) is 23.4 Å². The molecule has 0 aliphatic rings. The van der Waals surface area contributed by atoms with Gasteiger partial charge in [-0.2, -0.15) is 0 Å². The molecule has 2 amide bonds. The fraction of sp³-hybridized carbons (Fsp3) is 0.250. The van der Waals surface area contributed by atoms with Gasteiger partial charge >= 0.3 is 0 Å². The lowest BCUT2D eigenvalue weighted by atomic mass is 10.1. The highest BCUT2D eigenvalue weighted by Gasteiger charge is 2.23. The third-order valence-corrected chi connectivity index (χ3v) is 5.56. The molecule has 2 N–H and O–H groups in total. The third kappa shape index (κ3) is 4.07. The van der Waals surface area contributed by atoms with Gasteiger partial charge < -0.3 is 20.1 Å². The van der Waals surface area contributed by atoms with E-state index < -0.39 is 5.91 Å². The molecule has 0 saturated carbocycles. The first-order chi connectivity index (χ1) is 13.4. The first-order valence-electron chi connectivity index (χ1n) is 8.62. The maximum Gasteiger partial charge on any atom is 0.255 e. The summed E-state index contributed by atoms with van der Waals surface area (Å²) in [6.45, 7) is 1.68. The number of para-hydroxylation sites is 1. The summed E-state index contributed by atoms with van der Waals surface area (Å²) < 4.78 is 11.7. The van der Waals surface area contributed by atoms with Crippen LogP contribution in [0.1, 0.15) is 28.3 Å². The van der Waals surface area contributed by atoms with Gasteiger partial charge in [0, 0.05) is 12.6 Å². The maximum atomic E-state index is 13.0. The predicted octanol–water partition coefficient (Wildman–Crippen LogP) is 3.00. The Balaban J connectivity index is 1.80. The van der Waals surface area contributed by atoms with Crippen LogP contribution in [0.15, 0.2) is 42.5 Å². The number of amides is 2. The largest absolute Gasteiger partial charge is 0.493 e. The number of nitrogens with zero attached hydrogens (tertiary/aromatic N) is 2. The van der Waals surface area contributed by atoms with E-state index in [0.29, 0.717) is 17.1 Å². The van der Waals surface area contributed by atoms with Crippen LogP contribution in [0.4, 0.5) is 0 Å². The molecular weight excluding hydrogens is 378 g/mol. The molecule has 0 aliphatic heterocycles. The fourth-order valence-corrected chi connectivity index (χ4v) is 3.75. The van der Waals surface area contributed by atoms with E-state index >= 15 is 0 Å². The Hall–Kier alpha value is -3.13. The zero-order valence-electron chi connectivity index (χ0n) is 15.8. The molecule has 0 fully saturated rings. The van der Waals surface area contributed by atoms with Gasteiger partial charge in [-0.3, -0.25) is 9.59 Å². The molecule has 1 heterocycles. The molecule has 1 atom stereocenters. The van der Waals surface area contributed by atoms with Crippen molar-refractivity contribution >= 4 is 33.4 Å². The van der Waals surface area contributed by atoms with Crippen LogP contribution in [0.3, 0.4) is 0 Å². The number of primary amides is 1. The number of thiazole rings is 1. The van der Waals surface area contributed by atoms with Crippen molar-refractivity contribution in [2.24, 2.45) is 5.73 Å². The molecule has 0 spiro atoms. The van der Waals surface area contributed by atoms with Gasteiger partial charge in [-0.1, -0.05) is 12.1 Å². The van der Waals surface area contributed by atoms with Gasteiger partial charge in [-0.05, 0) is 37.3 Å². The van der Waals surface area contributed by atoms with Gasteiger partial charge in [0.2, 0.25) is 0 Å². The number of methoxy groups -OCH3 is 1. The third-order valence-electron chi connectivity index (χ3n) is 4.35. The molecule has 7 nitrogen and oxygen atoms in total. The maximum absolute atomic E-state index is 13.0. The SMILES string of the molecule is COc1cc(C(=O)N(C)[C@@H](C)c2nc3ccccc3s2)ccc1OCC(N)=O. The van der Waals surface area contributed by atoms with Gasteiger partial charge in [0.15, 0.2) is 18.1 Å². The zero-order chi connectivity index (χ0) is 20.3. The van der Waals surface area contributed by atoms with Crippen LogP contribution in [0.2, 0.25) is 0 Å². The standard InChI is InChI=1S/C20H21N3O4S/c1-12(19-22-14-6-4-5-7-17(14)28-19)23(2)20(25)13-8-9-15(16(10-13)26-3)27-11-18(21)24/h4-10,12H,11H2,1-3H3,(H2,21,24)/t12-/m0/s1. The highest BCUT2D eigenvalue weighted by Crippen LogP contribution is 2.32. The number of rotatable bonds is 7. The van der Waals surface area contributed by atoms with Crippen molar-refractivity contribution in [3.05, 3.63) is 53.0 Å². The molecule has 8 heteroatoms. The van der Waals surface area contributed by atoms with Crippen molar-refractivity contribution in [1.29, 1.82) is 0 Å². The van der Waals surface area contributed by atoms with Gasteiger partial charge in [0.1, 0.15) is 5.01 Å². The van der Waals surface area contributed by atoms with Crippen LogP contribution in [0, 0.1) is 0 Å². The summed E-state index contributed by atoms with van der Waals surface area (Å²) in [7, 11) is 3.21. The molecule has 146 valence electrons. The van der Waals surface area contributed by atoms with Crippen molar-refractivity contribution < 1.29 is 19.1 Å². The monoisotopic (exact) mass is 399 g/mol. The Labute approximate surface area is 166 Å². The van der Waals surface area contributed by atoms with Crippen LogP contribution < -0.4 is 15.2 Å². The number of carbonyl (C=O) groups excluding carboxylic acids is 2. The highest BCUT2D eigenvalue weighted by atomic mass is 32.1. The Morgan fingerprint density at radius 3 is 2.64 bits per heavy atom. The molecule has 1 aromatic heterocycles. The summed E-state index contributed by atoms with van der Waals surface area (Å²) in [6.07, 6.45) is 0. The van der Waals surface area contributed by atoms with Crippen LogP contribution >= 0.6 is 11.3 Å². The lowest BCUT2D eigenvalue weighted by Crippen LogP contribution is -2.29. The minimum atomic E-state index is -0.591. The van der Waals surface area contributed by atoms with E-state index in [4.69, 9.17) is 15.2 Å². The molecule has 0 aliphatic carbocycles. The highest BCUT2D eigenvalue weighted by molar-refractivity contribution is 7.18. The smallest absolute Gasteiger partial charge is 0.255 e. The molecule has 0 unspecified atom stereocenters. The minimum Gasteiger partial charge on any atom is -0.493 e. The van der Waals surface area contributed by atoms with Gasteiger partial charge in [-0.25, -0.2) is 4.98 Å². The summed E-state index contributed by atoms with van der Waals surface area (Å²) in [5.74, 6) is -0.0639. The molecule has 2 aromatic carbocycles. The summed E-state index contributed by atoms with van der Waals surface area (Å²) in [5, 5.41) is 0.866. The number of carbonyl (C=O) groups is 2. The minimum absolute atomic E-state index is 0.175. The molecule has 0 saturated heterocycles. The van der Waals surface area contributed by atoms with Crippen molar-refractivity contribution in [2.75, 3.05) is 20.8 Å². The first kappa shape index (κ1) is 19.6. The van der Waals surface area contributed by atoms with Crippen LogP contribution in [-0.4, -0.2) is 42.5 Å². The zero-order valence-corrected chi connectivity index (χ0v) is 16.7. The number of ether oxygens (including phenoxy) is 2. The van der Waals surface area contributed by atoms with E-state index in [9.17, 15) is 9.59 Å². The number of nitrogens with two attached hydrogens (primary N) is 1. The van der Waals surface area contributed by atoms with Crippen LogP contribution in [0.5, 0.6) is 11.5 Å². The fourth-order valence-electron chi connectivity index (χ4n) is 2.68. The average molecular weight is 399 g/mol. The van der Waals surface area contributed by atoms with Crippen molar-refractivity contribution in [2.45, 2.75) is 13.0 Å². The number of hydrogen-bond donors (Lipinski definition) is 1. The molecule has 0 bridgehead atoms.